The molecule has 6 heteroatoms. The van der Waals surface area contributed by atoms with E-state index in [1.165, 1.54) is 12.1 Å². The molecule has 0 aliphatic heterocycles. The number of carbonyl (C=O) groups is 2. The standard InChI is InChI=1S/C9H8FNO4/c1-15-9(14)11-6-4-2-3-5(7(6)10)8(12)13/h2-4H,1H3,(H,11,14)(H,12,13). The Balaban J connectivity index is 3.04. The number of rotatable bonds is 2. The lowest BCUT2D eigenvalue weighted by Gasteiger charge is -2.06. The minimum absolute atomic E-state index is 0.234. The summed E-state index contributed by atoms with van der Waals surface area (Å²) in [5.41, 5.74) is -0.745. The second-order valence-electron chi connectivity index (χ2n) is 2.59. The summed E-state index contributed by atoms with van der Waals surface area (Å²) < 4.78 is 17.6. The molecule has 0 unspecified atom stereocenters. The second-order valence-corrected chi connectivity index (χ2v) is 2.59. The maximum Gasteiger partial charge on any atom is 0.411 e. The van der Waals surface area contributed by atoms with Crippen LogP contribution in [0.4, 0.5) is 14.9 Å². The molecule has 0 spiro atoms. The summed E-state index contributed by atoms with van der Waals surface area (Å²) in [4.78, 5) is 21.3. The van der Waals surface area contributed by atoms with E-state index in [9.17, 15) is 14.0 Å². The molecule has 0 radical (unpaired) electrons. The van der Waals surface area contributed by atoms with E-state index in [0.717, 1.165) is 13.2 Å². The van der Waals surface area contributed by atoms with Gasteiger partial charge in [0.05, 0.1) is 18.4 Å². The van der Waals surface area contributed by atoms with Crippen LogP contribution in [0.3, 0.4) is 0 Å². The van der Waals surface area contributed by atoms with Gasteiger partial charge in [-0.3, -0.25) is 5.32 Å². The van der Waals surface area contributed by atoms with E-state index < -0.39 is 23.4 Å². The first-order valence-corrected chi connectivity index (χ1v) is 3.93. The Labute approximate surface area is 84.5 Å². The first-order chi connectivity index (χ1) is 7.06. The molecule has 1 amide bonds. The molecular weight excluding hydrogens is 205 g/mol. The van der Waals surface area contributed by atoms with Crippen molar-refractivity contribution in [1.82, 2.24) is 0 Å². The van der Waals surface area contributed by atoms with Crippen molar-refractivity contribution in [2.24, 2.45) is 0 Å². The lowest BCUT2D eigenvalue weighted by atomic mass is 10.2. The molecule has 0 saturated carbocycles. The number of methoxy groups -OCH3 is 1. The summed E-state index contributed by atoms with van der Waals surface area (Å²) in [6, 6.07) is 3.65. The number of aromatic carboxylic acids is 1. The van der Waals surface area contributed by atoms with Crippen LogP contribution in [0.2, 0.25) is 0 Å². The number of halogens is 1. The van der Waals surface area contributed by atoms with Crippen molar-refractivity contribution < 1.29 is 23.8 Å². The van der Waals surface area contributed by atoms with Gasteiger partial charge in [-0.1, -0.05) is 6.07 Å². The van der Waals surface area contributed by atoms with Crippen LogP contribution in [0, 0.1) is 5.82 Å². The van der Waals surface area contributed by atoms with Crippen LogP contribution >= 0.6 is 0 Å². The van der Waals surface area contributed by atoms with Crippen LogP contribution in [0.15, 0.2) is 18.2 Å². The summed E-state index contributed by atoms with van der Waals surface area (Å²) in [5.74, 6) is -2.41. The normalized spacial score (nSPS) is 9.47. The molecule has 0 heterocycles. The summed E-state index contributed by atoms with van der Waals surface area (Å²) in [6.45, 7) is 0. The van der Waals surface area contributed by atoms with E-state index in [2.05, 4.69) is 10.1 Å². The molecule has 1 aromatic rings. The van der Waals surface area contributed by atoms with Crippen molar-refractivity contribution in [3.63, 3.8) is 0 Å². The molecule has 2 N–H and O–H groups in total. The molecule has 0 aromatic heterocycles. The third kappa shape index (κ3) is 2.43. The highest BCUT2D eigenvalue weighted by atomic mass is 19.1. The van der Waals surface area contributed by atoms with Crippen LogP contribution in [-0.2, 0) is 4.74 Å². The number of nitrogens with one attached hydrogen (secondary N) is 1. The Kier molecular flexibility index (Phi) is 3.22. The lowest BCUT2D eigenvalue weighted by Crippen LogP contribution is -2.13. The maximum atomic E-state index is 13.4. The van der Waals surface area contributed by atoms with E-state index in [4.69, 9.17) is 5.11 Å². The molecule has 1 rings (SSSR count). The van der Waals surface area contributed by atoms with Gasteiger partial charge >= 0.3 is 12.1 Å². The lowest BCUT2D eigenvalue weighted by molar-refractivity contribution is 0.0692. The van der Waals surface area contributed by atoms with Crippen LogP contribution in [0.25, 0.3) is 0 Å². The first kappa shape index (κ1) is 11.0. The molecule has 0 saturated heterocycles. The largest absolute Gasteiger partial charge is 0.478 e. The number of carboxylic acids is 1. The Hall–Kier alpha value is -2.11. The van der Waals surface area contributed by atoms with Crippen molar-refractivity contribution in [3.05, 3.63) is 29.6 Å². The fraction of sp³-hybridized carbons (Fsp3) is 0.111. The molecule has 15 heavy (non-hydrogen) atoms. The van der Waals surface area contributed by atoms with Crippen molar-refractivity contribution in [1.29, 1.82) is 0 Å². The van der Waals surface area contributed by atoms with Gasteiger partial charge in [-0.05, 0) is 12.1 Å². The van der Waals surface area contributed by atoms with Gasteiger partial charge in [0, 0.05) is 0 Å². The number of ether oxygens (including phenoxy) is 1. The number of carbonyl (C=O) groups excluding carboxylic acids is 1. The zero-order valence-corrected chi connectivity index (χ0v) is 7.78. The van der Waals surface area contributed by atoms with Crippen LogP contribution in [0.5, 0.6) is 0 Å². The third-order valence-corrected chi connectivity index (χ3v) is 1.65. The molecule has 0 bridgehead atoms. The predicted octanol–water partition coefficient (Wildman–Crippen LogP) is 1.70. The van der Waals surface area contributed by atoms with E-state index in [-0.39, 0.29) is 5.69 Å². The summed E-state index contributed by atoms with van der Waals surface area (Å²) in [5, 5.41) is 10.7. The van der Waals surface area contributed by atoms with Gasteiger partial charge in [0.15, 0.2) is 5.82 Å². The van der Waals surface area contributed by atoms with Gasteiger partial charge < -0.3 is 9.84 Å². The molecule has 0 atom stereocenters. The first-order valence-electron chi connectivity index (χ1n) is 3.93. The van der Waals surface area contributed by atoms with Gasteiger partial charge in [-0.2, -0.15) is 0 Å². The summed E-state index contributed by atoms with van der Waals surface area (Å²) in [6.07, 6.45) is -0.864. The van der Waals surface area contributed by atoms with Crippen LogP contribution in [0.1, 0.15) is 10.4 Å². The SMILES string of the molecule is COC(=O)Nc1cccc(C(=O)O)c1F. The molecule has 0 fully saturated rings. The molecule has 80 valence electrons. The molecule has 0 aliphatic carbocycles. The third-order valence-electron chi connectivity index (χ3n) is 1.65. The number of hydrogen-bond acceptors (Lipinski definition) is 3. The monoisotopic (exact) mass is 213 g/mol. The smallest absolute Gasteiger partial charge is 0.411 e. The minimum atomic E-state index is -1.40. The Bertz CT molecular complexity index is 405. The number of benzene rings is 1. The van der Waals surface area contributed by atoms with Crippen molar-refractivity contribution in [3.8, 4) is 0 Å². The van der Waals surface area contributed by atoms with E-state index in [1.54, 1.807) is 0 Å². The van der Waals surface area contributed by atoms with E-state index >= 15 is 0 Å². The zero-order valence-electron chi connectivity index (χ0n) is 7.78. The fourth-order valence-corrected chi connectivity index (χ4v) is 0.955. The highest BCUT2D eigenvalue weighted by Crippen LogP contribution is 2.17. The summed E-state index contributed by atoms with van der Waals surface area (Å²) in [7, 11) is 1.12. The quantitative estimate of drug-likeness (QED) is 0.783. The van der Waals surface area contributed by atoms with Crippen LogP contribution < -0.4 is 5.32 Å². The Morgan fingerprint density at radius 3 is 2.67 bits per heavy atom. The Morgan fingerprint density at radius 1 is 1.47 bits per heavy atom. The Morgan fingerprint density at radius 2 is 2.13 bits per heavy atom. The van der Waals surface area contributed by atoms with Gasteiger partial charge in [0.2, 0.25) is 0 Å². The highest BCUT2D eigenvalue weighted by Gasteiger charge is 2.15. The van der Waals surface area contributed by atoms with E-state index in [1.807, 2.05) is 0 Å². The minimum Gasteiger partial charge on any atom is -0.478 e. The molecule has 0 aliphatic rings. The van der Waals surface area contributed by atoms with Crippen molar-refractivity contribution in [2.75, 3.05) is 12.4 Å². The number of hydrogen-bond donors (Lipinski definition) is 2. The van der Waals surface area contributed by atoms with Gasteiger partial charge in [-0.25, -0.2) is 14.0 Å². The van der Waals surface area contributed by atoms with Gasteiger partial charge in [0.25, 0.3) is 0 Å². The molecular formula is C9H8FNO4. The molecule has 5 nitrogen and oxygen atoms in total. The van der Waals surface area contributed by atoms with Gasteiger partial charge in [0.1, 0.15) is 0 Å². The fourth-order valence-electron chi connectivity index (χ4n) is 0.955. The number of anilines is 1. The maximum absolute atomic E-state index is 13.4. The topological polar surface area (TPSA) is 75.6 Å². The van der Waals surface area contributed by atoms with Crippen molar-refractivity contribution >= 4 is 17.7 Å². The predicted molar refractivity (Wildman–Crippen MR) is 49.4 cm³/mol. The average Bonchev–Trinajstić information content (AvgIpc) is 2.20. The zero-order chi connectivity index (χ0) is 11.4. The van der Waals surface area contributed by atoms with Crippen LogP contribution in [-0.4, -0.2) is 24.3 Å². The van der Waals surface area contributed by atoms with Gasteiger partial charge in [-0.15, -0.1) is 0 Å². The van der Waals surface area contributed by atoms with Crippen molar-refractivity contribution in [2.45, 2.75) is 0 Å². The summed E-state index contributed by atoms with van der Waals surface area (Å²) >= 11 is 0. The second kappa shape index (κ2) is 4.41. The van der Waals surface area contributed by atoms with E-state index in [0.29, 0.717) is 0 Å². The number of carboxylic acid groups (broad SMARTS) is 1. The molecule has 1 aromatic carbocycles. The number of amides is 1. The average molecular weight is 213 g/mol. The highest BCUT2D eigenvalue weighted by molar-refractivity contribution is 5.91.